The van der Waals surface area contributed by atoms with Gasteiger partial charge in [0.05, 0.1) is 22.4 Å². The van der Waals surface area contributed by atoms with E-state index >= 15 is 0 Å². The van der Waals surface area contributed by atoms with Gasteiger partial charge in [0, 0.05) is 67.9 Å². The van der Waals surface area contributed by atoms with Crippen LogP contribution in [0.3, 0.4) is 0 Å². The van der Waals surface area contributed by atoms with Gasteiger partial charge < -0.3 is 9.47 Å². The third-order valence-electron chi connectivity index (χ3n) is 10.1. The molecule has 0 bridgehead atoms. The number of para-hydroxylation sites is 2. The van der Waals surface area contributed by atoms with E-state index in [4.69, 9.17) is 0 Å². The van der Waals surface area contributed by atoms with E-state index in [1.807, 2.05) is 22.7 Å². The summed E-state index contributed by atoms with van der Waals surface area (Å²) in [5.41, 5.74) is 7.04. The van der Waals surface area contributed by atoms with Crippen molar-refractivity contribution in [2.45, 2.75) is 0 Å². The first-order valence-corrected chi connectivity index (χ1v) is 18.6. The molecule has 0 N–H and O–H groups in total. The Kier molecular flexibility index (Phi) is 6.03. The van der Waals surface area contributed by atoms with Gasteiger partial charge in [-0.3, -0.25) is 0 Å². The summed E-state index contributed by atoms with van der Waals surface area (Å²) in [6, 6.07) is 62.5. The Balaban J connectivity index is 1.25. The number of hydrogen-bond donors (Lipinski definition) is 0. The van der Waals surface area contributed by atoms with Gasteiger partial charge in [0.2, 0.25) is 0 Å². The van der Waals surface area contributed by atoms with Crippen molar-refractivity contribution >= 4 is 113 Å². The lowest BCUT2D eigenvalue weighted by molar-refractivity contribution is 1.18. The number of rotatable bonds is 4. The monoisotopic (exact) mass is 672 g/mol. The smallest absolute Gasteiger partial charge is 0.0561 e. The molecule has 0 spiro atoms. The molecule has 0 fully saturated rings. The van der Waals surface area contributed by atoms with Gasteiger partial charge in [-0.25, -0.2) is 0 Å². The van der Waals surface area contributed by atoms with Crippen LogP contribution >= 0.6 is 22.7 Å². The molecule has 3 heterocycles. The first kappa shape index (κ1) is 28.0. The molecule has 3 aromatic heterocycles. The fourth-order valence-electron chi connectivity index (χ4n) is 7.98. The molecule has 8 aromatic carbocycles. The lowest BCUT2D eigenvalue weighted by Crippen LogP contribution is -2.11. The van der Waals surface area contributed by atoms with Crippen LogP contribution in [0.1, 0.15) is 0 Å². The number of anilines is 3. The Morgan fingerprint density at radius 2 is 1.04 bits per heavy atom. The molecule has 2 nitrogen and oxygen atoms in total. The molecular weight excluding hydrogens is 645 g/mol. The Morgan fingerprint density at radius 3 is 1.92 bits per heavy atom. The highest BCUT2D eigenvalue weighted by Crippen LogP contribution is 2.48. The van der Waals surface area contributed by atoms with Crippen molar-refractivity contribution in [3.05, 3.63) is 170 Å². The molecule has 0 radical (unpaired) electrons. The Hall–Kier alpha value is -5.94. The van der Waals surface area contributed by atoms with E-state index in [1.54, 1.807) is 0 Å². The van der Waals surface area contributed by atoms with E-state index < -0.39 is 0 Å². The fraction of sp³-hybridized carbons (Fsp3) is 0. The lowest BCUT2D eigenvalue weighted by Gasteiger charge is -2.28. The minimum atomic E-state index is 1.13. The molecular formula is C46H28N2S2. The molecule has 0 unspecified atom stereocenters. The predicted molar refractivity (Wildman–Crippen MR) is 219 cm³/mol. The minimum Gasteiger partial charge on any atom is -0.309 e. The number of thiophene rings is 2. The van der Waals surface area contributed by atoms with E-state index in [-0.39, 0.29) is 0 Å². The first-order valence-electron chi connectivity index (χ1n) is 16.9. The Labute approximate surface area is 296 Å². The van der Waals surface area contributed by atoms with Gasteiger partial charge in [0.25, 0.3) is 0 Å². The largest absolute Gasteiger partial charge is 0.309 e. The minimum absolute atomic E-state index is 1.13. The number of hydrogen-bond acceptors (Lipinski definition) is 3. The molecule has 0 aliphatic rings. The Morgan fingerprint density at radius 1 is 0.380 bits per heavy atom. The van der Waals surface area contributed by atoms with E-state index in [1.165, 1.54) is 84.3 Å². The fourth-order valence-corrected chi connectivity index (χ4v) is 10.2. The van der Waals surface area contributed by atoms with Crippen LogP contribution in [0.5, 0.6) is 0 Å². The number of benzene rings is 8. The van der Waals surface area contributed by atoms with Crippen LogP contribution in [0.2, 0.25) is 0 Å². The summed E-state index contributed by atoms with van der Waals surface area (Å²) >= 11 is 3.75. The van der Waals surface area contributed by atoms with Crippen molar-refractivity contribution in [3.8, 4) is 5.69 Å². The highest BCUT2D eigenvalue weighted by Gasteiger charge is 2.22. The van der Waals surface area contributed by atoms with Crippen LogP contribution in [0.4, 0.5) is 17.1 Å². The number of aromatic nitrogens is 1. The van der Waals surface area contributed by atoms with Crippen molar-refractivity contribution in [3.63, 3.8) is 0 Å². The highest BCUT2D eigenvalue weighted by atomic mass is 32.1. The Bertz CT molecular complexity index is 3110. The normalized spacial score (nSPS) is 12.0. The van der Waals surface area contributed by atoms with Gasteiger partial charge >= 0.3 is 0 Å². The van der Waals surface area contributed by atoms with Crippen LogP contribution in [0.25, 0.3) is 78.6 Å². The second-order valence-corrected chi connectivity index (χ2v) is 15.1. The van der Waals surface area contributed by atoms with Gasteiger partial charge in [0.15, 0.2) is 0 Å². The van der Waals surface area contributed by atoms with Gasteiger partial charge in [-0.05, 0) is 78.2 Å². The summed E-state index contributed by atoms with van der Waals surface area (Å²) in [5, 5.41) is 10.2. The summed E-state index contributed by atoms with van der Waals surface area (Å²) in [7, 11) is 0. The second kappa shape index (κ2) is 10.8. The number of fused-ring (bicyclic) bond motifs is 10. The van der Waals surface area contributed by atoms with E-state index in [0.29, 0.717) is 0 Å². The van der Waals surface area contributed by atoms with Crippen molar-refractivity contribution in [1.82, 2.24) is 4.57 Å². The molecule has 11 rings (SSSR count). The van der Waals surface area contributed by atoms with Crippen LogP contribution in [0.15, 0.2) is 170 Å². The lowest BCUT2D eigenvalue weighted by atomic mass is 10.0. The van der Waals surface area contributed by atoms with Crippen molar-refractivity contribution in [1.29, 1.82) is 0 Å². The van der Waals surface area contributed by atoms with Crippen molar-refractivity contribution in [2.24, 2.45) is 0 Å². The maximum atomic E-state index is 2.51. The SMILES string of the molecule is c1ccc(-n2c3ccccc3c3ccc(N(c4cccc5cc6c(cc45)sc4ccccc46)c4cccc5sc6ccccc6c45)cc32)cc1. The van der Waals surface area contributed by atoms with Crippen LogP contribution < -0.4 is 4.90 Å². The molecule has 0 saturated heterocycles. The summed E-state index contributed by atoms with van der Waals surface area (Å²) in [6.07, 6.45) is 0. The standard InChI is InChI=1S/C46H28N2S2/c1-2-13-30(14-3-1)47-38-18-7-4-15-32(38)33-25-24-31(27-41(33)47)48(40-20-11-23-44-46(40)35-17-6-9-22-43(35)49-44)39-19-10-12-29-26-37-34-16-5-8-21-42(34)50-45(37)28-36(29)39/h1-28H. The maximum Gasteiger partial charge on any atom is 0.0561 e. The first-order chi connectivity index (χ1) is 24.8. The van der Waals surface area contributed by atoms with E-state index in [0.717, 1.165) is 11.4 Å². The average molecular weight is 673 g/mol. The predicted octanol–water partition coefficient (Wildman–Crippen LogP) is 14.1. The molecule has 0 atom stereocenters. The highest BCUT2D eigenvalue weighted by molar-refractivity contribution is 7.26. The third-order valence-corrected chi connectivity index (χ3v) is 12.4. The van der Waals surface area contributed by atoms with Crippen LogP contribution in [0, 0.1) is 0 Å². The zero-order valence-corrected chi connectivity index (χ0v) is 28.5. The molecule has 0 amide bonds. The summed E-state index contributed by atoms with van der Waals surface area (Å²) < 4.78 is 7.64. The zero-order valence-electron chi connectivity index (χ0n) is 26.9. The summed E-state index contributed by atoms with van der Waals surface area (Å²) in [6.45, 7) is 0. The van der Waals surface area contributed by atoms with Gasteiger partial charge in [0.1, 0.15) is 0 Å². The number of nitrogens with zero attached hydrogens (tertiary/aromatic N) is 2. The van der Waals surface area contributed by atoms with Gasteiger partial charge in [-0.15, -0.1) is 22.7 Å². The zero-order chi connectivity index (χ0) is 32.8. The van der Waals surface area contributed by atoms with Gasteiger partial charge in [-0.2, -0.15) is 0 Å². The molecule has 11 aromatic rings. The molecule has 50 heavy (non-hydrogen) atoms. The van der Waals surface area contributed by atoms with Crippen molar-refractivity contribution in [2.75, 3.05) is 4.90 Å². The van der Waals surface area contributed by atoms with Gasteiger partial charge in [-0.1, -0.05) is 97.1 Å². The van der Waals surface area contributed by atoms with E-state index in [2.05, 4.69) is 179 Å². The van der Waals surface area contributed by atoms with Crippen LogP contribution in [-0.4, -0.2) is 4.57 Å². The molecule has 4 heteroatoms. The van der Waals surface area contributed by atoms with Crippen molar-refractivity contribution < 1.29 is 0 Å². The molecule has 0 aliphatic heterocycles. The topological polar surface area (TPSA) is 8.17 Å². The van der Waals surface area contributed by atoms with E-state index in [9.17, 15) is 0 Å². The maximum absolute atomic E-state index is 2.51. The average Bonchev–Trinajstić information content (AvgIpc) is 3.84. The third kappa shape index (κ3) is 4.07. The summed E-state index contributed by atoms with van der Waals surface area (Å²) in [4.78, 5) is 2.51. The molecule has 0 aliphatic carbocycles. The quantitative estimate of drug-likeness (QED) is 0.181. The molecule has 0 saturated carbocycles. The second-order valence-electron chi connectivity index (χ2n) is 12.9. The molecule has 234 valence electrons. The van der Waals surface area contributed by atoms with Crippen LogP contribution in [-0.2, 0) is 0 Å². The summed E-state index contributed by atoms with van der Waals surface area (Å²) in [5.74, 6) is 0.